The standard InChI is InChI=1S/C20H29ClN2O4/c1-13(24)16-10-22-18(21)9-17(16)26-11-14-5-7-15(8-6-14)12-27-19(25)23-20(2,3)4/h9-10,14-15H,5-8,11-12H2,1-4H3,(H,23,25). The second-order valence-corrected chi connectivity index (χ2v) is 8.62. The van der Waals surface area contributed by atoms with Crippen LogP contribution in [-0.2, 0) is 4.74 Å². The fourth-order valence-corrected chi connectivity index (χ4v) is 3.25. The van der Waals surface area contributed by atoms with Crippen molar-refractivity contribution in [1.29, 1.82) is 0 Å². The van der Waals surface area contributed by atoms with Gasteiger partial charge in [0.1, 0.15) is 10.9 Å². The van der Waals surface area contributed by atoms with E-state index in [1.54, 1.807) is 6.07 Å². The van der Waals surface area contributed by atoms with Gasteiger partial charge in [-0.1, -0.05) is 11.6 Å². The molecule has 0 aliphatic heterocycles. The van der Waals surface area contributed by atoms with Gasteiger partial charge in [-0.2, -0.15) is 0 Å². The quantitative estimate of drug-likeness (QED) is 0.559. The van der Waals surface area contributed by atoms with Crippen molar-refractivity contribution >= 4 is 23.5 Å². The highest BCUT2D eigenvalue weighted by Crippen LogP contribution is 2.30. The van der Waals surface area contributed by atoms with Gasteiger partial charge in [0.15, 0.2) is 5.78 Å². The molecule has 1 N–H and O–H groups in total. The molecule has 0 atom stereocenters. The summed E-state index contributed by atoms with van der Waals surface area (Å²) in [6, 6.07) is 1.59. The van der Waals surface area contributed by atoms with Crippen molar-refractivity contribution in [1.82, 2.24) is 10.3 Å². The Bertz CT molecular complexity index is 664. The highest BCUT2D eigenvalue weighted by atomic mass is 35.5. The molecule has 0 spiro atoms. The van der Waals surface area contributed by atoms with Gasteiger partial charge in [0.05, 0.1) is 18.8 Å². The topological polar surface area (TPSA) is 77.5 Å². The van der Waals surface area contributed by atoms with Crippen molar-refractivity contribution in [3.8, 4) is 5.75 Å². The third kappa shape index (κ3) is 7.37. The van der Waals surface area contributed by atoms with Crippen LogP contribution in [0.25, 0.3) is 0 Å². The van der Waals surface area contributed by atoms with Crippen molar-refractivity contribution < 1.29 is 19.1 Å². The molecule has 150 valence electrons. The van der Waals surface area contributed by atoms with Gasteiger partial charge in [-0.15, -0.1) is 0 Å². The van der Waals surface area contributed by atoms with Crippen LogP contribution < -0.4 is 10.1 Å². The summed E-state index contributed by atoms with van der Waals surface area (Å²) in [5, 5.41) is 3.11. The number of nitrogens with zero attached hydrogens (tertiary/aromatic N) is 1. The fraction of sp³-hybridized carbons (Fsp3) is 0.650. The number of hydrogen-bond donors (Lipinski definition) is 1. The zero-order chi connectivity index (χ0) is 20.0. The number of halogens is 1. The molecule has 0 saturated heterocycles. The van der Waals surface area contributed by atoms with E-state index < -0.39 is 0 Å². The Hall–Kier alpha value is -1.82. The third-order valence-electron chi connectivity index (χ3n) is 4.58. The Balaban J connectivity index is 1.75. The Morgan fingerprint density at radius 1 is 1.19 bits per heavy atom. The van der Waals surface area contributed by atoms with Gasteiger partial charge in [-0.05, 0) is 65.2 Å². The molecule has 7 heteroatoms. The molecule has 1 aromatic rings. The minimum Gasteiger partial charge on any atom is -0.492 e. The molecule has 27 heavy (non-hydrogen) atoms. The molecule has 0 aromatic carbocycles. The average molecular weight is 397 g/mol. The first-order chi connectivity index (χ1) is 12.6. The van der Waals surface area contributed by atoms with Crippen LogP contribution in [0.15, 0.2) is 12.3 Å². The number of aromatic nitrogens is 1. The van der Waals surface area contributed by atoms with Crippen LogP contribution in [0.5, 0.6) is 5.75 Å². The van der Waals surface area contributed by atoms with Gasteiger partial charge in [0.2, 0.25) is 0 Å². The molecule has 1 amide bonds. The van der Waals surface area contributed by atoms with Gasteiger partial charge in [-0.3, -0.25) is 4.79 Å². The lowest BCUT2D eigenvalue weighted by Crippen LogP contribution is -2.41. The van der Waals surface area contributed by atoms with Crippen molar-refractivity contribution in [3.63, 3.8) is 0 Å². The van der Waals surface area contributed by atoms with E-state index in [0.29, 0.717) is 41.5 Å². The smallest absolute Gasteiger partial charge is 0.407 e. The maximum atomic E-state index is 11.7. The maximum Gasteiger partial charge on any atom is 0.407 e. The highest BCUT2D eigenvalue weighted by Gasteiger charge is 2.24. The number of alkyl carbamates (subject to hydrolysis) is 1. The summed E-state index contributed by atoms with van der Waals surface area (Å²) in [4.78, 5) is 27.4. The summed E-state index contributed by atoms with van der Waals surface area (Å²) in [6.07, 6.45) is 5.09. The Morgan fingerprint density at radius 2 is 1.78 bits per heavy atom. The number of amides is 1. The number of Topliss-reactive ketones (excluding diaryl/α,β-unsaturated/α-hetero) is 1. The summed E-state index contributed by atoms with van der Waals surface area (Å²) >= 11 is 5.91. The maximum absolute atomic E-state index is 11.7. The van der Waals surface area contributed by atoms with Crippen LogP contribution >= 0.6 is 11.6 Å². The van der Waals surface area contributed by atoms with Crippen LogP contribution in [0.2, 0.25) is 5.15 Å². The number of carbonyl (C=O) groups is 2. The van der Waals surface area contributed by atoms with Crippen LogP contribution in [0.4, 0.5) is 4.79 Å². The fourth-order valence-electron chi connectivity index (χ4n) is 3.11. The van der Waals surface area contributed by atoms with E-state index >= 15 is 0 Å². The number of hydrogen-bond acceptors (Lipinski definition) is 5. The van der Waals surface area contributed by atoms with Crippen LogP contribution in [0, 0.1) is 11.8 Å². The van der Waals surface area contributed by atoms with Crippen molar-refractivity contribution in [2.45, 2.75) is 58.9 Å². The number of ketones is 1. The second kappa shape index (κ2) is 9.40. The van der Waals surface area contributed by atoms with E-state index in [-0.39, 0.29) is 17.4 Å². The molecule has 6 nitrogen and oxygen atoms in total. The largest absolute Gasteiger partial charge is 0.492 e. The molecule has 1 aromatic heterocycles. The molecule has 1 saturated carbocycles. The first kappa shape index (κ1) is 21.5. The first-order valence-electron chi connectivity index (χ1n) is 9.38. The molecule has 1 fully saturated rings. The molecule has 0 unspecified atom stereocenters. The van der Waals surface area contributed by atoms with Crippen molar-refractivity contribution in [2.24, 2.45) is 11.8 Å². The summed E-state index contributed by atoms with van der Waals surface area (Å²) in [7, 11) is 0. The minimum atomic E-state index is -0.362. The Morgan fingerprint density at radius 3 is 2.33 bits per heavy atom. The summed E-state index contributed by atoms with van der Waals surface area (Å²) in [5.41, 5.74) is 0.159. The number of pyridine rings is 1. The number of nitrogens with one attached hydrogen (secondary N) is 1. The lowest BCUT2D eigenvalue weighted by molar-refractivity contribution is 0.0946. The van der Waals surface area contributed by atoms with Gasteiger partial charge in [0.25, 0.3) is 0 Å². The molecule has 1 aliphatic rings. The number of ether oxygens (including phenoxy) is 2. The third-order valence-corrected chi connectivity index (χ3v) is 4.79. The summed E-state index contributed by atoms with van der Waals surface area (Å²) in [6.45, 7) is 8.24. The molecule has 1 aliphatic carbocycles. The van der Waals surface area contributed by atoms with E-state index in [2.05, 4.69) is 10.3 Å². The Kier molecular flexibility index (Phi) is 7.48. The average Bonchev–Trinajstić information content (AvgIpc) is 2.57. The number of rotatable bonds is 6. The molecule has 0 bridgehead atoms. The Labute approximate surface area is 166 Å². The van der Waals surface area contributed by atoms with Crippen LogP contribution in [0.1, 0.15) is 63.7 Å². The van der Waals surface area contributed by atoms with Gasteiger partial charge < -0.3 is 14.8 Å². The van der Waals surface area contributed by atoms with E-state index in [0.717, 1.165) is 25.7 Å². The zero-order valence-corrected chi connectivity index (χ0v) is 17.3. The monoisotopic (exact) mass is 396 g/mol. The van der Waals surface area contributed by atoms with Gasteiger partial charge in [-0.25, -0.2) is 9.78 Å². The predicted octanol–water partition coefficient (Wildman–Crippen LogP) is 4.65. The molecule has 2 rings (SSSR count). The zero-order valence-electron chi connectivity index (χ0n) is 16.5. The second-order valence-electron chi connectivity index (χ2n) is 8.23. The first-order valence-corrected chi connectivity index (χ1v) is 9.76. The normalized spacial score (nSPS) is 20.0. The summed E-state index contributed by atoms with van der Waals surface area (Å²) < 4.78 is 11.2. The van der Waals surface area contributed by atoms with E-state index in [4.69, 9.17) is 21.1 Å². The molecular weight excluding hydrogens is 368 g/mol. The van der Waals surface area contributed by atoms with Crippen LogP contribution in [-0.4, -0.2) is 35.6 Å². The van der Waals surface area contributed by atoms with Crippen molar-refractivity contribution in [2.75, 3.05) is 13.2 Å². The minimum absolute atomic E-state index is 0.0939. The van der Waals surface area contributed by atoms with E-state index in [1.807, 2.05) is 20.8 Å². The molecule has 0 radical (unpaired) electrons. The van der Waals surface area contributed by atoms with Gasteiger partial charge >= 0.3 is 6.09 Å². The lowest BCUT2D eigenvalue weighted by Gasteiger charge is -2.28. The van der Waals surface area contributed by atoms with Crippen molar-refractivity contribution in [3.05, 3.63) is 23.0 Å². The summed E-state index contributed by atoms with van der Waals surface area (Å²) in [5.74, 6) is 1.20. The van der Waals surface area contributed by atoms with E-state index in [1.165, 1.54) is 13.1 Å². The van der Waals surface area contributed by atoms with E-state index in [9.17, 15) is 9.59 Å². The predicted molar refractivity (Wildman–Crippen MR) is 104 cm³/mol. The molecule has 1 heterocycles. The van der Waals surface area contributed by atoms with Crippen LogP contribution in [0.3, 0.4) is 0 Å². The SMILES string of the molecule is CC(=O)c1cnc(Cl)cc1OCC1CCC(COC(=O)NC(C)(C)C)CC1. The van der Waals surface area contributed by atoms with Gasteiger partial charge in [0, 0.05) is 17.8 Å². The number of carbonyl (C=O) groups excluding carboxylic acids is 2. The highest BCUT2D eigenvalue weighted by molar-refractivity contribution is 6.29. The molecular formula is C20H29ClN2O4. The lowest BCUT2D eigenvalue weighted by atomic mass is 9.83.